The van der Waals surface area contributed by atoms with Crippen molar-refractivity contribution in [3.05, 3.63) is 0 Å². The molecule has 16 heavy (non-hydrogen) atoms. The van der Waals surface area contributed by atoms with Crippen molar-refractivity contribution in [2.45, 2.75) is 45.7 Å². The molecule has 1 rings (SSSR count). The highest BCUT2D eigenvalue weighted by Gasteiger charge is 2.37. The summed E-state index contributed by atoms with van der Waals surface area (Å²) < 4.78 is 0. The van der Waals surface area contributed by atoms with Crippen molar-refractivity contribution < 1.29 is 14.7 Å². The standard InChI is InChI=1S/C11H20N2O3/c1-4-7-5-8(7)12-11(16)13-9(6(2)3)10(14)15/h6-9H,4-5H2,1-3H3,(H,14,15)(H2,12,13,16). The largest absolute Gasteiger partial charge is 0.480 e. The van der Waals surface area contributed by atoms with Gasteiger partial charge in [-0.05, 0) is 18.3 Å². The van der Waals surface area contributed by atoms with E-state index in [1.54, 1.807) is 13.8 Å². The van der Waals surface area contributed by atoms with Crippen LogP contribution in [-0.4, -0.2) is 29.2 Å². The average molecular weight is 228 g/mol. The molecule has 1 fully saturated rings. The van der Waals surface area contributed by atoms with Gasteiger partial charge in [0.2, 0.25) is 0 Å². The Balaban J connectivity index is 2.35. The van der Waals surface area contributed by atoms with Crippen LogP contribution in [0, 0.1) is 11.8 Å². The predicted molar refractivity (Wildman–Crippen MR) is 60.1 cm³/mol. The van der Waals surface area contributed by atoms with Crippen LogP contribution in [0.4, 0.5) is 4.79 Å². The van der Waals surface area contributed by atoms with Crippen molar-refractivity contribution in [2.75, 3.05) is 0 Å². The van der Waals surface area contributed by atoms with E-state index in [0.29, 0.717) is 5.92 Å². The topological polar surface area (TPSA) is 78.4 Å². The minimum absolute atomic E-state index is 0.121. The van der Waals surface area contributed by atoms with Crippen LogP contribution in [0.15, 0.2) is 0 Å². The molecular formula is C11H20N2O3. The van der Waals surface area contributed by atoms with Gasteiger partial charge < -0.3 is 15.7 Å². The summed E-state index contributed by atoms with van der Waals surface area (Å²) in [7, 11) is 0. The number of carbonyl (C=O) groups is 2. The molecule has 3 unspecified atom stereocenters. The first-order valence-electron chi connectivity index (χ1n) is 5.75. The third-order valence-corrected chi connectivity index (χ3v) is 2.98. The summed E-state index contributed by atoms with van der Waals surface area (Å²) in [6.45, 7) is 5.62. The fourth-order valence-corrected chi connectivity index (χ4v) is 1.74. The summed E-state index contributed by atoms with van der Waals surface area (Å²) in [5, 5.41) is 14.2. The van der Waals surface area contributed by atoms with Crippen molar-refractivity contribution in [3.63, 3.8) is 0 Å². The third kappa shape index (κ3) is 3.40. The lowest BCUT2D eigenvalue weighted by Gasteiger charge is -2.18. The van der Waals surface area contributed by atoms with E-state index in [0.717, 1.165) is 12.8 Å². The molecule has 3 atom stereocenters. The predicted octanol–water partition coefficient (Wildman–Crippen LogP) is 1.19. The van der Waals surface area contributed by atoms with Crippen molar-refractivity contribution in [1.82, 2.24) is 10.6 Å². The Bertz CT molecular complexity index is 278. The zero-order valence-corrected chi connectivity index (χ0v) is 9.99. The summed E-state index contributed by atoms with van der Waals surface area (Å²) in [5.41, 5.74) is 0. The molecule has 92 valence electrons. The lowest BCUT2D eigenvalue weighted by Crippen LogP contribution is -2.49. The van der Waals surface area contributed by atoms with Gasteiger partial charge in [-0.3, -0.25) is 0 Å². The molecule has 1 saturated carbocycles. The van der Waals surface area contributed by atoms with Gasteiger partial charge in [0, 0.05) is 6.04 Å². The fraction of sp³-hybridized carbons (Fsp3) is 0.818. The number of amides is 2. The summed E-state index contributed by atoms with van der Waals surface area (Å²) in [6, 6.07) is -0.965. The van der Waals surface area contributed by atoms with Crippen LogP contribution >= 0.6 is 0 Å². The van der Waals surface area contributed by atoms with Crippen molar-refractivity contribution in [1.29, 1.82) is 0 Å². The van der Waals surface area contributed by atoms with Gasteiger partial charge in [0.1, 0.15) is 6.04 Å². The number of aliphatic carboxylic acids is 1. The zero-order chi connectivity index (χ0) is 12.3. The molecule has 2 amide bonds. The maximum Gasteiger partial charge on any atom is 0.326 e. The number of nitrogens with one attached hydrogen (secondary N) is 2. The molecule has 0 aliphatic heterocycles. The molecule has 0 heterocycles. The molecule has 5 heteroatoms. The summed E-state index contributed by atoms with van der Waals surface area (Å²) >= 11 is 0. The Hall–Kier alpha value is -1.26. The van der Waals surface area contributed by atoms with Crippen LogP contribution in [0.2, 0.25) is 0 Å². The number of hydrogen-bond acceptors (Lipinski definition) is 2. The van der Waals surface area contributed by atoms with Crippen molar-refractivity contribution in [3.8, 4) is 0 Å². The van der Waals surface area contributed by atoms with Crippen LogP contribution in [0.3, 0.4) is 0 Å². The van der Waals surface area contributed by atoms with Crippen LogP contribution < -0.4 is 10.6 Å². The van der Waals surface area contributed by atoms with Gasteiger partial charge in [-0.15, -0.1) is 0 Å². The monoisotopic (exact) mass is 228 g/mol. The maximum absolute atomic E-state index is 11.5. The van der Waals surface area contributed by atoms with E-state index in [1.165, 1.54) is 0 Å². The Labute approximate surface area is 95.6 Å². The van der Waals surface area contributed by atoms with Crippen LogP contribution in [0.5, 0.6) is 0 Å². The summed E-state index contributed by atoms with van der Waals surface area (Å²) in [4.78, 5) is 22.3. The van der Waals surface area contributed by atoms with E-state index in [9.17, 15) is 9.59 Å². The molecule has 3 N–H and O–H groups in total. The lowest BCUT2D eigenvalue weighted by atomic mass is 10.1. The molecule has 5 nitrogen and oxygen atoms in total. The number of hydrogen-bond donors (Lipinski definition) is 3. The Morgan fingerprint density at radius 3 is 2.44 bits per heavy atom. The van der Waals surface area contributed by atoms with Gasteiger partial charge in [-0.25, -0.2) is 9.59 Å². The number of carbonyl (C=O) groups excluding carboxylic acids is 1. The zero-order valence-electron chi connectivity index (χ0n) is 9.99. The van der Waals surface area contributed by atoms with E-state index in [1.807, 2.05) is 0 Å². The third-order valence-electron chi connectivity index (χ3n) is 2.98. The first-order valence-corrected chi connectivity index (χ1v) is 5.75. The van der Waals surface area contributed by atoms with E-state index in [2.05, 4.69) is 17.6 Å². The van der Waals surface area contributed by atoms with E-state index in [4.69, 9.17) is 5.11 Å². The molecule has 0 bridgehead atoms. The molecule has 0 spiro atoms. The van der Waals surface area contributed by atoms with E-state index in [-0.39, 0.29) is 18.0 Å². The van der Waals surface area contributed by atoms with Gasteiger partial charge in [0.05, 0.1) is 0 Å². The second kappa shape index (κ2) is 5.18. The van der Waals surface area contributed by atoms with Gasteiger partial charge >= 0.3 is 12.0 Å². The SMILES string of the molecule is CCC1CC1NC(=O)NC(C(=O)O)C(C)C. The highest BCUT2D eigenvalue weighted by Crippen LogP contribution is 2.32. The van der Waals surface area contributed by atoms with Gasteiger partial charge in [-0.1, -0.05) is 27.2 Å². The molecule has 1 aliphatic carbocycles. The van der Waals surface area contributed by atoms with Gasteiger partial charge in [-0.2, -0.15) is 0 Å². The Morgan fingerprint density at radius 2 is 2.06 bits per heavy atom. The Kier molecular flexibility index (Phi) is 4.15. The number of rotatable bonds is 5. The van der Waals surface area contributed by atoms with Gasteiger partial charge in [0.15, 0.2) is 0 Å². The number of carboxylic acids is 1. The highest BCUT2D eigenvalue weighted by molar-refractivity contribution is 5.83. The van der Waals surface area contributed by atoms with Crippen molar-refractivity contribution >= 4 is 12.0 Å². The summed E-state index contributed by atoms with van der Waals surface area (Å²) in [6.07, 6.45) is 2.06. The Morgan fingerprint density at radius 1 is 1.44 bits per heavy atom. The number of carboxylic acid groups (broad SMARTS) is 1. The maximum atomic E-state index is 11.5. The van der Waals surface area contributed by atoms with Crippen LogP contribution in [0.25, 0.3) is 0 Å². The minimum atomic E-state index is -0.993. The molecule has 0 saturated heterocycles. The molecule has 0 radical (unpaired) electrons. The minimum Gasteiger partial charge on any atom is -0.480 e. The average Bonchev–Trinajstić information content (AvgIpc) is 2.91. The second-order valence-electron chi connectivity index (χ2n) is 4.69. The first kappa shape index (κ1) is 12.8. The molecule has 0 aromatic rings. The summed E-state index contributed by atoms with van der Waals surface area (Å²) in [5.74, 6) is -0.550. The fourth-order valence-electron chi connectivity index (χ4n) is 1.74. The van der Waals surface area contributed by atoms with Crippen molar-refractivity contribution in [2.24, 2.45) is 11.8 Å². The van der Waals surface area contributed by atoms with E-state index < -0.39 is 12.0 Å². The van der Waals surface area contributed by atoms with Crippen LogP contribution in [-0.2, 0) is 4.79 Å². The quantitative estimate of drug-likeness (QED) is 0.661. The normalized spacial score (nSPS) is 25.0. The number of urea groups is 1. The smallest absolute Gasteiger partial charge is 0.326 e. The molecule has 0 aromatic carbocycles. The molecule has 1 aliphatic rings. The van der Waals surface area contributed by atoms with Gasteiger partial charge in [0.25, 0.3) is 0 Å². The molecular weight excluding hydrogens is 208 g/mol. The van der Waals surface area contributed by atoms with E-state index >= 15 is 0 Å². The first-order chi connectivity index (χ1) is 7.45. The molecule has 0 aromatic heterocycles. The second-order valence-corrected chi connectivity index (χ2v) is 4.69. The lowest BCUT2D eigenvalue weighted by molar-refractivity contribution is -0.140. The highest BCUT2D eigenvalue weighted by atomic mass is 16.4. The van der Waals surface area contributed by atoms with Crippen LogP contribution in [0.1, 0.15) is 33.6 Å².